The zero-order chi connectivity index (χ0) is 43.6. The van der Waals surface area contributed by atoms with Crippen LogP contribution in [0.4, 0.5) is 60.5 Å². The molecule has 0 atom stereocenters. The summed E-state index contributed by atoms with van der Waals surface area (Å²) in [6, 6.07) is 64.8. The number of nitrogens with zero attached hydrogens (tertiary/aromatic N) is 2. The Labute approximate surface area is 360 Å². The van der Waals surface area contributed by atoms with Gasteiger partial charge in [0.15, 0.2) is 0 Å². The molecular formula is C54H36F6N2O. The summed E-state index contributed by atoms with van der Waals surface area (Å²) >= 11 is 0. The monoisotopic (exact) mass is 842 g/mol. The molecule has 0 unspecified atom stereocenters. The first-order chi connectivity index (χ1) is 30.5. The summed E-state index contributed by atoms with van der Waals surface area (Å²) in [4.78, 5) is 3.80. The standard InChI is InChI=1S/C54H36F6N2O/c55-53(56,57)43-19-31-49(32-20-43)61(45-23-11-39(12-24-45)37-7-3-1-4-8-37)47-27-15-41(16-28-47)51-35-36-52(63-51)42-17-29-48(30-18-42)62(50-33-21-44(22-34-50)54(58,59)60)46-25-13-40(14-26-46)38-9-5-2-6-10-38/h1-36H. The van der Waals surface area contributed by atoms with Crippen LogP contribution in [-0.2, 0) is 12.4 Å². The molecular weight excluding hydrogens is 807 g/mol. The lowest BCUT2D eigenvalue weighted by atomic mass is 10.0. The van der Waals surface area contributed by atoms with Gasteiger partial charge in [-0.3, -0.25) is 0 Å². The third kappa shape index (κ3) is 8.85. The Morgan fingerprint density at radius 1 is 0.254 bits per heavy atom. The van der Waals surface area contributed by atoms with E-state index in [4.69, 9.17) is 4.42 Å². The second-order valence-electron chi connectivity index (χ2n) is 14.8. The minimum Gasteiger partial charge on any atom is -0.456 e. The molecule has 9 heteroatoms. The van der Waals surface area contributed by atoms with Crippen LogP contribution in [0.15, 0.2) is 223 Å². The van der Waals surface area contributed by atoms with Crippen LogP contribution in [0.1, 0.15) is 11.1 Å². The molecule has 0 radical (unpaired) electrons. The summed E-state index contributed by atoms with van der Waals surface area (Å²) in [5.74, 6) is 1.22. The maximum Gasteiger partial charge on any atom is 0.416 e. The summed E-state index contributed by atoms with van der Waals surface area (Å²) in [7, 11) is 0. The number of hydrogen-bond donors (Lipinski definition) is 0. The van der Waals surface area contributed by atoms with Gasteiger partial charge in [0, 0.05) is 45.3 Å². The van der Waals surface area contributed by atoms with E-state index >= 15 is 0 Å². The highest BCUT2D eigenvalue weighted by Crippen LogP contribution is 2.41. The topological polar surface area (TPSA) is 19.6 Å². The number of hydrogen-bond acceptors (Lipinski definition) is 3. The largest absolute Gasteiger partial charge is 0.456 e. The lowest BCUT2D eigenvalue weighted by Crippen LogP contribution is -2.11. The number of benzene rings is 8. The van der Waals surface area contributed by atoms with Crippen LogP contribution in [0, 0.1) is 0 Å². The first kappa shape index (κ1) is 40.6. The molecule has 0 aliphatic carbocycles. The quantitative estimate of drug-likeness (QED) is 0.128. The van der Waals surface area contributed by atoms with Gasteiger partial charge in [0.25, 0.3) is 0 Å². The highest BCUT2D eigenvalue weighted by Gasteiger charge is 2.31. The number of alkyl halides is 6. The van der Waals surface area contributed by atoms with Gasteiger partial charge in [-0.25, -0.2) is 0 Å². The molecule has 0 amide bonds. The van der Waals surface area contributed by atoms with Crippen molar-refractivity contribution in [2.24, 2.45) is 0 Å². The molecule has 0 saturated heterocycles. The third-order valence-electron chi connectivity index (χ3n) is 10.8. The fourth-order valence-corrected chi connectivity index (χ4v) is 7.56. The van der Waals surface area contributed by atoms with E-state index in [1.807, 2.05) is 180 Å². The molecule has 8 aromatic carbocycles. The molecule has 1 heterocycles. The zero-order valence-electron chi connectivity index (χ0n) is 33.4. The van der Waals surface area contributed by atoms with Crippen LogP contribution in [0.3, 0.4) is 0 Å². The molecule has 3 nitrogen and oxygen atoms in total. The molecule has 0 fully saturated rings. The van der Waals surface area contributed by atoms with E-state index in [2.05, 4.69) is 0 Å². The first-order valence-corrected chi connectivity index (χ1v) is 20.0. The highest BCUT2D eigenvalue weighted by molar-refractivity contribution is 5.81. The van der Waals surface area contributed by atoms with E-state index in [0.29, 0.717) is 22.9 Å². The van der Waals surface area contributed by atoms with E-state index in [9.17, 15) is 26.3 Å². The Bertz CT molecular complexity index is 2710. The maximum absolute atomic E-state index is 13.5. The van der Waals surface area contributed by atoms with Gasteiger partial charge < -0.3 is 14.2 Å². The van der Waals surface area contributed by atoms with Crippen LogP contribution in [0.2, 0.25) is 0 Å². The Hall–Kier alpha value is -7.78. The lowest BCUT2D eigenvalue weighted by molar-refractivity contribution is -0.138. The van der Waals surface area contributed by atoms with Gasteiger partial charge in [-0.05, 0) is 156 Å². The van der Waals surface area contributed by atoms with Crippen molar-refractivity contribution in [3.05, 3.63) is 230 Å². The first-order valence-electron chi connectivity index (χ1n) is 20.0. The molecule has 0 aliphatic heterocycles. The summed E-state index contributed by atoms with van der Waals surface area (Å²) in [6.07, 6.45) is -8.92. The van der Waals surface area contributed by atoms with Gasteiger partial charge in [0.2, 0.25) is 0 Å². The number of halogens is 6. The van der Waals surface area contributed by atoms with Crippen molar-refractivity contribution < 1.29 is 30.8 Å². The van der Waals surface area contributed by atoms with E-state index in [-0.39, 0.29) is 0 Å². The van der Waals surface area contributed by atoms with E-state index in [0.717, 1.165) is 80.4 Å². The molecule has 63 heavy (non-hydrogen) atoms. The summed E-state index contributed by atoms with van der Waals surface area (Å²) < 4.78 is 87.4. The molecule has 9 rings (SSSR count). The normalized spacial score (nSPS) is 11.7. The van der Waals surface area contributed by atoms with Gasteiger partial charge >= 0.3 is 12.4 Å². The third-order valence-corrected chi connectivity index (χ3v) is 10.8. The average molecular weight is 843 g/mol. The molecule has 310 valence electrons. The molecule has 0 N–H and O–H groups in total. The lowest BCUT2D eigenvalue weighted by Gasteiger charge is -2.26. The molecule has 0 spiro atoms. The van der Waals surface area contributed by atoms with Crippen LogP contribution in [0.5, 0.6) is 0 Å². The Kier molecular flexibility index (Phi) is 10.9. The van der Waals surface area contributed by atoms with E-state index < -0.39 is 23.5 Å². The van der Waals surface area contributed by atoms with E-state index in [1.165, 1.54) is 24.3 Å². The van der Waals surface area contributed by atoms with Crippen molar-refractivity contribution >= 4 is 34.1 Å². The number of anilines is 6. The predicted octanol–water partition coefficient (Wildman–Crippen LogP) is 16.9. The molecule has 0 saturated carbocycles. The van der Waals surface area contributed by atoms with E-state index in [1.54, 1.807) is 0 Å². The van der Waals surface area contributed by atoms with Crippen LogP contribution < -0.4 is 9.80 Å². The smallest absolute Gasteiger partial charge is 0.416 e. The Morgan fingerprint density at radius 3 is 0.762 bits per heavy atom. The summed E-state index contributed by atoms with van der Waals surface area (Å²) in [5, 5.41) is 0. The van der Waals surface area contributed by atoms with Gasteiger partial charge in [-0.2, -0.15) is 26.3 Å². The minimum absolute atomic E-state index is 0.563. The fraction of sp³-hybridized carbons (Fsp3) is 0.0370. The van der Waals surface area contributed by atoms with Crippen molar-refractivity contribution in [1.82, 2.24) is 0 Å². The molecule has 0 bridgehead atoms. The zero-order valence-corrected chi connectivity index (χ0v) is 33.4. The molecule has 9 aromatic rings. The van der Waals surface area contributed by atoms with Crippen LogP contribution in [0.25, 0.3) is 44.9 Å². The van der Waals surface area contributed by atoms with Crippen molar-refractivity contribution in [2.45, 2.75) is 12.4 Å². The molecule has 1 aromatic heterocycles. The second kappa shape index (κ2) is 16.9. The Morgan fingerprint density at radius 2 is 0.492 bits per heavy atom. The number of furan rings is 1. The Balaban J connectivity index is 0.985. The SMILES string of the molecule is FC(F)(F)c1ccc(N(c2ccc(-c3ccccc3)cc2)c2ccc(-c3ccc(-c4ccc(N(c5ccc(-c6ccccc6)cc5)c5ccc(C(F)(F)F)cc5)cc4)o3)cc2)cc1. The average Bonchev–Trinajstić information content (AvgIpc) is 3.81. The van der Waals surface area contributed by atoms with Crippen molar-refractivity contribution in [2.75, 3.05) is 9.80 Å². The second-order valence-corrected chi connectivity index (χ2v) is 14.8. The maximum atomic E-state index is 13.5. The van der Waals surface area contributed by atoms with Gasteiger partial charge in [0.1, 0.15) is 11.5 Å². The fourth-order valence-electron chi connectivity index (χ4n) is 7.56. The van der Waals surface area contributed by atoms with Crippen molar-refractivity contribution in [3.8, 4) is 44.9 Å². The van der Waals surface area contributed by atoms with Gasteiger partial charge in [0.05, 0.1) is 11.1 Å². The minimum atomic E-state index is -4.46. The van der Waals surface area contributed by atoms with Crippen LogP contribution in [-0.4, -0.2) is 0 Å². The highest BCUT2D eigenvalue weighted by atomic mass is 19.4. The van der Waals surface area contributed by atoms with Crippen molar-refractivity contribution in [3.63, 3.8) is 0 Å². The van der Waals surface area contributed by atoms with Crippen LogP contribution >= 0.6 is 0 Å². The number of rotatable bonds is 10. The summed E-state index contributed by atoms with van der Waals surface area (Å²) in [6.45, 7) is 0. The van der Waals surface area contributed by atoms with Crippen molar-refractivity contribution in [1.29, 1.82) is 0 Å². The van der Waals surface area contributed by atoms with Gasteiger partial charge in [-0.15, -0.1) is 0 Å². The summed E-state index contributed by atoms with van der Waals surface area (Å²) in [5.41, 5.74) is 8.39. The molecule has 0 aliphatic rings. The van der Waals surface area contributed by atoms with Gasteiger partial charge in [-0.1, -0.05) is 84.9 Å². The predicted molar refractivity (Wildman–Crippen MR) is 240 cm³/mol.